The van der Waals surface area contributed by atoms with Crippen LogP contribution in [0.5, 0.6) is 5.75 Å². The number of carbonyl (C=O) groups excluding carboxylic acids is 1. The predicted octanol–water partition coefficient (Wildman–Crippen LogP) is 6.93. The fourth-order valence-corrected chi connectivity index (χ4v) is 3.80. The van der Waals surface area contributed by atoms with Crippen molar-refractivity contribution in [3.05, 3.63) is 64.0 Å². The Morgan fingerprint density at radius 3 is 2.11 bits per heavy atom. The van der Waals surface area contributed by atoms with Gasteiger partial charge in [0, 0.05) is 6.07 Å². The van der Waals surface area contributed by atoms with Gasteiger partial charge in [-0.1, -0.05) is 25.7 Å². The van der Waals surface area contributed by atoms with Crippen LogP contribution in [0.3, 0.4) is 0 Å². The molecule has 1 heterocycles. The normalized spacial score (nSPS) is 18.2. The topological polar surface area (TPSA) is 38.8 Å². The molecule has 194 valence electrons. The molecule has 0 N–H and O–H groups in total. The van der Waals surface area contributed by atoms with Gasteiger partial charge < -0.3 is 9.47 Å². The van der Waals surface area contributed by atoms with Gasteiger partial charge in [-0.25, -0.2) is 9.18 Å². The SMILES string of the molecule is COc1cc(F)c(C(C)C)cc1C#CCN1C(=O)O[C@H](c2cc(C(F)(F)F)cc(C(F)(F)F)c2)[C@@H]1C. The van der Waals surface area contributed by atoms with E-state index in [-0.39, 0.29) is 24.3 Å². The molecule has 1 aliphatic heterocycles. The Hall–Kier alpha value is -3.42. The summed E-state index contributed by atoms with van der Waals surface area (Å²) in [6, 6.07) is 2.87. The molecule has 11 heteroatoms. The Labute approximate surface area is 203 Å². The average Bonchev–Trinajstić information content (AvgIpc) is 3.06. The third kappa shape index (κ3) is 5.69. The summed E-state index contributed by atoms with van der Waals surface area (Å²) < 4.78 is 104. The van der Waals surface area contributed by atoms with E-state index >= 15 is 0 Å². The number of rotatable bonds is 4. The highest BCUT2D eigenvalue weighted by atomic mass is 19.4. The Morgan fingerprint density at radius 2 is 1.61 bits per heavy atom. The van der Waals surface area contributed by atoms with Gasteiger partial charge in [-0.15, -0.1) is 0 Å². The highest BCUT2D eigenvalue weighted by Gasteiger charge is 2.43. The Kier molecular flexibility index (Phi) is 7.48. The van der Waals surface area contributed by atoms with Gasteiger partial charge in [0.1, 0.15) is 17.7 Å². The molecule has 0 spiro atoms. The van der Waals surface area contributed by atoms with E-state index in [1.54, 1.807) is 13.8 Å². The van der Waals surface area contributed by atoms with Crippen LogP contribution in [0.1, 0.15) is 60.6 Å². The van der Waals surface area contributed by atoms with Crippen LogP contribution in [-0.4, -0.2) is 30.7 Å². The van der Waals surface area contributed by atoms with E-state index in [0.717, 1.165) is 4.90 Å². The maximum Gasteiger partial charge on any atom is 0.416 e. The third-order valence-electron chi connectivity index (χ3n) is 5.74. The van der Waals surface area contributed by atoms with Crippen molar-refractivity contribution in [3.63, 3.8) is 0 Å². The molecule has 0 radical (unpaired) electrons. The molecule has 0 saturated carbocycles. The molecule has 2 aromatic carbocycles. The molecule has 1 saturated heterocycles. The van der Waals surface area contributed by atoms with Gasteiger partial charge >= 0.3 is 18.4 Å². The van der Waals surface area contributed by atoms with E-state index in [1.165, 1.54) is 26.2 Å². The Morgan fingerprint density at radius 1 is 1.03 bits per heavy atom. The monoisotopic (exact) mass is 517 g/mol. The van der Waals surface area contributed by atoms with Gasteiger partial charge in [-0.3, -0.25) is 4.90 Å². The lowest BCUT2D eigenvalue weighted by Crippen LogP contribution is -2.32. The second-order valence-corrected chi connectivity index (χ2v) is 8.54. The summed E-state index contributed by atoms with van der Waals surface area (Å²) in [5.41, 5.74) is -2.68. The number of halogens is 7. The van der Waals surface area contributed by atoms with Crippen molar-refractivity contribution >= 4 is 6.09 Å². The van der Waals surface area contributed by atoms with Gasteiger partial charge in [0.05, 0.1) is 36.4 Å². The first-order chi connectivity index (χ1) is 16.6. The van der Waals surface area contributed by atoms with E-state index in [4.69, 9.17) is 9.47 Å². The summed E-state index contributed by atoms with van der Waals surface area (Å²) in [7, 11) is 1.34. The maximum absolute atomic E-state index is 14.2. The quantitative estimate of drug-likeness (QED) is 0.326. The molecule has 0 aliphatic carbocycles. The van der Waals surface area contributed by atoms with Crippen LogP contribution in [0, 0.1) is 17.7 Å². The van der Waals surface area contributed by atoms with Crippen molar-refractivity contribution in [2.75, 3.05) is 13.7 Å². The molecule has 0 bridgehead atoms. The van der Waals surface area contributed by atoms with Crippen LogP contribution < -0.4 is 4.74 Å². The fraction of sp³-hybridized carbons (Fsp3) is 0.400. The summed E-state index contributed by atoms with van der Waals surface area (Å²) in [5, 5.41) is 0. The molecule has 1 fully saturated rings. The smallest absolute Gasteiger partial charge is 0.416 e. The highest BCUT2D eigenvalue weighted by molar-refractivity contribution is 5.71. The number of hydrogen-bond donors (Lipinski definition) is 0. The van der Waals surface area contributed by atoms with Gasteiger partial charge in [0.25, 0.3) is 0 Å². The van der Waals surface area contributed by atoms with Crippen LogP contribution in [0.4, 0.5) is 35.5 Å². The number of methoxy groups -OCH3 is 1. The lowest BCUT2D eigenvalue weighted by atomic mass is 9.97. The zero-order valence-corrected chi connectivity index (χ0v) is 19.6. The number of amides is 1. The summed E-state index contributed by atoms with van der Waals surface area (Å²) in [4.78, 5) is 13.5. The zero-order valence-electron chi connectivity index (χ0n) is 19.6. The van der Waals surface area contributed by atoms with Crippen molar-refractivity contribution in [2.24, 2.45) is 0 Å². The van der Waals surface area contributed by atoms with Crippen LogP contribution >= 0.6 is 0 Å². The number of ether oxygens (including phenoxy) is 2. The van der Waals surface area contributed by atoms with E-state index in [9.17, 15) is 35.5 Å². The number of nitrogens with zero attached hydrogens (tertiary/aromatic N) is 1. The summed E-state index contributed by atoms with van der Waals surface area (Å²) in [6.45, 7) is 4.78. The summed E-state index contributed by atoms with van der Waals surface area (Å²) in [6.07, 6.45) is -12.4. The van der Waals surface area contributed by atoms with E-state index < -0.39 is 53.1 Å². The van der Waals surface area contributed by atoms with Gasteiger partial charge in [0.2, 0.25) is 0 Å². The molecule has 4 nitrogen and oxygen atoms in total. The van der Waals surface area contributed by atoms with Crippen molar-refractivity contribution in [2.45, 2.75) is 51.2 Å². The van der Waals surface area contributed by atoms with Crippen LogP contribution in [-0.2, 0) is 17.1 Å². The maximum atomic E-state index is 14.2. The summed E-state index contributed by atoms with van der Waals surface area (Å²) in [5.74, 6) is 5.06. The van der Waals surface area contributed by atoms with E-state index in [0.29, 0.717) is 23.3 Å². The largest absolute Gasteiger partial charge is 0.495 e. The first-order valence-corrected chi connectivity index (χ1v) is 10.8. The number of hydrogen-bond acceptors (Lipinski definition) is 3. The molecule has 1 aliphatic rings. The van der Waals surface area contributed by atoms with Crippen molar-refractivity contribution in [1.29, 1.82) is 0 Å². The van der Waals surface area contributed by atoms with Crippen LogP contribution in [0.15, 0.2) is 30.3 Å². The molecular formula is C25H22F7NO3. The first kappa shape index (κ1) is 27.2. The number of carbonyl (C=O) groups is 1. The minimum atomic E-state index is -5.03. The molecule has 2 aromatic rings. The molecule has 1 amide bonds. The third-order valence-corrected chi connectivity index (χ3v) is 5.74. The minimum Gasteiger partial charge on any atom is -0.495 e. The second-order valence-electron chi connectivity index (χ2n) is 8.54. The predicted molar refractivity (Wildman–Crippen MR) is 116 cm³/mol. The van der Waals surface area contributed by atoms with E-state index in [2.05, 4.69) is 11.8 Å². The van der Waals surface area contributed by atoms with Crippen molar-refractivity contribution in [3.8, 4) is 17.6 Å². The second kappa shape index (κ2) is 9.91. The van der Waals surface area contributed by atoms with Crippen molar-refractivity contribution < 1.29 is 45.0 Å². The van der Waals surface area contributed by atoms with Crippen LogP contribution in [0.2, 0.25) is 0 Å². The highest BCUT2D eigenvalue weighted by Crippen LogP contribution is 2.40. The Balaban J connectivity index is 1.90. The van der Waals surface area contributed by atoms with Crippen molar-refractivity contribution in [1.82, 2.24) is 4.90 Å². The molecule has 3 rings (SSSR count). The number of alkyl halides is 6. The van der Waals surface area contributed by atoms with Gasteiger partial charge in [-0.2, -0.15) is 26.3 Å². The molecule has 36 heavy (non-hydrogen) atoms. The number of benzene rings is 2. The van der Waals surface area contributed by atoms with Gasteiger partial charge in [0.15, 0.2) is 0 Å². The summed E-state index contributed by atoms with van der Waals surface area (Å²) >= 11 is 0. The lowest BCUT2D eigenvalue weighted by Gasteiger charge is -2.21. The van der Waals surface area contributed by atoms with Crippen LogP contribution in [0.25, 0.3) is 0 Å². The van der Waals surface area contributed by atoms with Gasteiger partial charge in [-0.05, 0) is 48.2 Å². The standard InChI is InChI=1S/C25H22F7NO3/c1-13(2)19-10-15(21(35-4)12-20(19)26)6-5-7-33-14(3)22(36-23(33)34)16-8-17(24(27,28)29)11-18(9-16)25(30,31)32/h8-14,22H,7H2,1-4H3/t14-,22-/m0/s1. The molecule has 0 unspecified atom stereocenters. The zero-order chi connectivity index (χ0) is 27.0. The lowest BCUT2D eigenvalue weighted by molar-refractivity contribution is -0.143. The first-order valence-electron chi connectivity index (χ1n) is 10.8. The number of cyclic esters (lactones) is 1. The average molecular weight is 517 g/mol. The van der Waals surface area contributed by atoms with E-state index in [1.807, 2.05) is 0 Å². The molecular weight excluding hydrogens is 495 g/mol. The Bertz CT molecular complexity index is 1180. The minimum absolute atomic E-state index is 0.00960. The molecule has 0 aromatic heterocycles. The fourth-order valence-electron chi connectivity index (χ4n) is 3.80. The molecule has 2 atom stereocenters.